The molecule has 0 unspecified atom stereocenters. The van der Waals surface area contributed by atoms with Crippen LogP contribution >= 0.6 is 0 Å². The van der Waals surface area contributed by atoms with E-state index in [1.165, 1.54) is 0 Å². The van der Waals surface area contributed by atoms with Crippen LogP contribution in [0.5, 0.6) is 0 Å². The van der Waals surface area contributed by atoms with Gasteiger partial charge in [0.2, 0.25) is 0 Å². The van der Waals surface area contributed by atoms with Crippen LogP contribution in [0.4, 0.5) is 0 Å². The summed E-state index contributed by atoms with van der Waals surface area (Å²) in [4.78, 5) is 10.5. The van der Waals surface area contributed by atoms with Gasteiger partial charge in [0.15, 0.2) is 0 Å². The van der Waals surface area contributed by atoms with E-state index in [0.29, 0.717) is 6.42 Å². The number of hydrogen-bond donors (Lipinski definition) is 1. The van der Waals surface area contributed by atoms with Crippen molar-refractivity contribution in [2.45, 2.75) is 26.2 Å². The third-order valence-electron chi connectivity index (χ3n) is 0.933. The summed E-state index contributed by atoms with van der Waals surface area (Å²) in [6, 6.07) is 0. The molecule has 0 aromatic carbocycles. The molecule has 0 spiro atoms. The zero-order valence-corrected chi connectivity index (χ0v) is 6.93. The maximum atomic E-state index is 10.5. The first-order valence-corrected chi connectivity index (χ1v) is 4.52. The molecule has 0 aromatic heterocycles. The van der Waals surface area contributed by atoms with E-state index in [1.54, 1.807) is 0 Å². The third-order valence-corrected chi connectivity index (χ3v) is 1.33. The second-order valence-corrected chi connectivity index (χ2v) is 3.01. The molecule has 0 aliphatic carbocycles. The number of rotatable bonds is 4. The van der Waals surface area contributed by atoms with Gasteiger partial charge in [-0.1, -0.05) is 13.3 Å². The number of carbonyl (C=O) groups excluding carboxylic acids is 1. The van der Waals surface area contributed by atoms with Crippen molar-refractivity contribution in [3.05, 3.63) is 0 Å². The maximum Gasteiger partial charge on any atom is 0.448 e. The van der Waals surface area contributed by atoms with Crippen LogP contribution in [0.1, 0.15) is 26.2 Å². The molecule has 5 nitrogen and oxygen atoms in total. The second kappa shape index (κ2) is 4.30. The van der Waals surface area contributed by atoms with Crippen molar-refractivity contribution in [3.63, 3.8) is 0 Å². The lowest BCUT2D eigenvalue weighted by molar-refractivity contribution is -0.134. The lowest BCUT2D eigenvalue weighted by Crippen LogP contribution is -2.11. The molecule has 0 atom stereocenters. The highest BCUT2D eigenvalue weighted by molar-refractivity contribution is 7.81. The highest BCUT2D eigenvalue weighted by atomic mass is 32.3. The van der Waals surface area contributed by atoms with Gasteiger partial charge in [-0.05, 0) is 6.42 Å². The zero-order chi connectivity index (χ0) is 8.91. The zero-order valence-electron chi connectivity index (χ0n) is 6.11. The Kier molecular flexibility index (Phi) is 4.06. The van der Waals surface area contributed by atoms with Crippen LogP contribution in [-0.4, -0.2) is 18.9 Å². The van der Waals surface area contributed by atoms with Gasteiger partial charge in [-0.3, -0.25) is 9.35 Å². The molecule has 0 aromatic rings. The molecule has 1 N–H and O–H groups in total. The number of unbranched alkanes of at least 4 members (excludes halogenated alkanes) is 1. The van der Waals surface area contributed by atoms with Crippen molar-refractivity contribution < 1.29 is 21.9 Å². The molecule has 0 bridgehead atoms. The van der Waals surface area contributed by atoms with Crippen LogP contribution in [0.2, 0.25) is 0 Å². The lowest BCUT2D eigenvalue weighted by atomic mass is 10.3. The summed E-state index contributed by atoms with van der Waals surface area (Å²) in [6.07, 6.45) is 1.32. The first kappa shape index (κ1) is 10.4. The minimum Gasteiger partial charge on any atom is -0.325 e. The Labute approximate surface area is 65.3 Å². The van der Waals surface area contributed by atoms with E-state index in [4.69, 9.17) is 4.55 Å². The molecule has 0 fully saturated rings. The van der Waals surface area contributed by atoms with Gasteiger partial charge >= 0.3 is 16.4 Å². The van der Waals surface area contributed by atoms with E-state index in [0.717, 1.165) is 6.42 Å². The summed E-state index contributed by atoms with van der Waals surface area (Å²) in [5.41, 5.74) is 0. The predicted molar refractivity (Wildman–Crippen MR) is 37.2 cm³/mol. The minimum atomic E-state index is -4.60. The highest BCUT2D eigenvalue weighted by Gasteiger charge is 2.11. The van der Waals surface area contributed by atoms with E-state index < -0.39 is 16.4 Å². The van der Waals surface area contributed by atoms with Crippen LogP contribution in [-0.2, 0) is 19.4 Å². The monoisotopic (exact) mass is 182 g/mol. The van der Waals surface area contributed by atoms with E-state index in [9.17, 15) is 13.2 Å². The van der Waals surface area contributed by atoms with Gasteiger partial charge in [-0.2, -0.15) is 8.42 Å². The molecule has 0 aliphatic rings. The molecule has 11 heavy (non-hydrogen) atoms. The number of hydrogen-bond acceptors (Lipinski definition) is 4. The quantitative estimate of drug-likeness (QED) is 0.641. The van der Waals surface area contributed by atoms with Gasteiger partial charge in [0.1, 0.15) is 0 Å². The molecule has 0 aliphatic heterocycles. The van der Waals surface area contributed by atoms with Crippen LogP contribution < -0.4 is 0 Å². The van der Waals surface area contributed by atoms with Crippen molar-refractivity contribution in [1.29, 1.82) is 0 Å². The van der Waals surface area contributed by atoms with Gasteiger partial charge in [0.25, 0.3) is 0 Å². The van der Waals surface area contributed by atoms with Crippen LogP contribution in [0.15, 0.2) is 0 Å². The van der Waals surface area contributed by atoms with Crippen molar-refractivity contribution in [1.82, 2.24) is 0 Å². The SMILES string of the molecule is CCCCC(=O)OS(=O)(=O)O. The fourth-order valence-corrected chi connectivity index (χ4v) is 0.798. The van der Waals surface area contributed by atoms with Gasteiger partial charge in [-0.25, -0.2) is 0 Å². The fourth-order valence-electron chi connectivity index (χ4n) is 0.480. The average Bonchev–Trinajstić information content (AvgIpc) is 1.79. The normalized spacial score (nSPS) is 11.1. The Morgan fingerprint density at radius 2 is 2.09 bits per heavy atom. The molecule has 0 radical (unpaired) electrons. The summed E-state index contributed by atoms with van der Waals surface area (Å²) in [5, 5.41) is 0. The van der Waals surface area contributed by atoms with Crippen LogP contribution in [0.3, 0.4) is 0 Å². The molecular weight excluding hydrogens is 172 g/mol. The molecule has 0 heterocycles. The van der Waals surface area contributed by atoms with Gasteiger partial charge in [-0.15, -0.1) is 0 Å². The van der Waals surface area contributed by atoms with Crippen molar-refractivity contribution in [2.24, 2.45) is 0 Å². The molecule has 0 amide bonds. The van der Waals surface area contributed by atoms with Crippen molar-refractivity contribution in [2.75, 3.05) is 0 Å². The Bertz CT molecular complexity index is 217. The largest absolute Gasteiger partial charge is 0.448 e. The first-order chi connectivity index (χ1) is 4.95. The summed E-state index contributed by atoms with van der Waals surface area (Å²) >= 11 is 0. The maximum absolute atomic E-state index is 10.5. The molecular formula is C5H10O5S. The molecule has 0 saturated carbocycles. The lowest BCUT2D eigenvalue weighted by Gasteiger charge is -1.97. The summed E-state index contributed by atoms with van der Waals surface area (Å²) in [7, 11) is -4.60. The van der Waals surface area contributed by atoms with Gasteiger partial charge < -0.3 is 4.18 Å². The smallest absolute Gasteiger partial charge is 0.325 e. The Hall–Kier alpha value is -0.620. The van der Waals surface area contributed by atoms with Crippen LogP contribution in [0, 0.1) is 0 Å². The Balaban J connectivity index is 3.71. The van der Waals surface area contributed by atoms with Crippen molar-refractivity contribution >= 4 is 16.4 Å². The third kappa shape index (κ3) is 7.27. The van der Waals surface area contributed by atoms with E-state index in [-0.39, 0.29) is 6.42 Å². The Morgan fingerprint density at radius 1 is 1.55 bits per heavy atom. The molecule has 66 valence electrons. The Morgan fingerprint density at radius 3 is 2.45 bits per heavy atom. The van der Waals surface area contributed by atoms with Gasteiger partial charge in [0.05, 0.1) is 0 Å². The van der Waals surface area contributed by atoms with E-state index in [1.807, 2.05) is 6.92 Å². The van der Waals surface area contributed by atoms with E-state index >= 15 is 0 Å². The topological polar surface area (TPSA) is 80.7 Å². The summed E-state index contributed by atoms with van der Waals surface area (Å²) < 4.78 is 31.5. The molecule has 0 saturated heterocycles. The average molecular weight is 182 g/mol. The summed E-state index contributed by atoms with van der Waals surface area (Å²) in [6.45, 7) is 1.85. The van der Waals surface area contributed by atoms with Crippen LogP contribution in [0.25, 0.3) is 0 Å². The fraction of sp³-hybridized carbons (Fsp3) is 0.800. The number of carbonyl (C=O) groups is 1. The second-order valence-electron chi connectivity index (χ2n) is 1.99. The summed E-state index contributed by atoms with van der Waals surface area (Å²) in [5.74, 6) is -0.922. The molecule has 0 rings (SSSR count). The minimum absolute atomic E-state index is 0.0102. The van der Waals surface area contributed by atoms with Gasteiger partial charge in [0, 0.05) is 6.42 Å². The standard InChI is InChI=1S/C5H10O5S/c1-2-3-4-5(6)10-11(7,8)9/h2-4H2,1H3,(H,7,8,9). The first-order valence-electron chi connectivity index (χ1n) is 3.15. The van der Waals surface area contributed by atoms with E-state index in [2.05, 4.69) is 4.18 Å². The molecule has 6 heteroatoms. The predicted octanol–water partition coefficient (Wildman–Crippen LogP) is 0.523. The highest BCUT2D eigenvalue weighted by Crippen LogP contribution is 1.98. The van der Waals surface area contributed by atoms with Crippen molar-refractivity contribution in [3.8, 4) is 0 Å².